The largest absolute Gasteiger partial charge is 0.272 e. The molecule has 0 N–H and O–H groups in total. The van der Waals surface area contributed by atoms with E-state index in [0.29, 0.717) is 10.7 Å². The van der Waals surface area contributed by atoms with Crippen LogP contribution in [0.1, 0.15) is 19.5 Å². The molecule has 0 unspecified atom stereocenters. The fraction of sp³-hybridized carbons (Fsp3) is 0.400. The topological polar surface area (TPSA) is 67.3 Å². The second-order valence-corrected chi connectivity index (χ2v) is 7.14. The number of pyridine rings is 1. The van der Waals surface area contributed by atoms with Gasteiger partial charge in [0.05, 0.1) is 12.2 Å². The molecule has 2 rings (SSSR count). The first-order valence-electron chi connectivity index (χ1n) is 4.94. The van der Waals surface area contributed by atoms with Gasteiger partial charge in [-0.1, -0.05) is 11.6 Å². The summed E-state index contributed by atoms with van der Waals surface area (Å²) in [4.78, 5) is 15.6. The van der Waals surface area contributed by atoms with E-state index >= 15 is 0 Å². The molecule has 92 valence electrons. The summed E-state index contributed by atoms with van der Waals surface area (Å²) < 4.78 is 23.1. The lowest BCUT2D eigenvalue weighted by atomic mass is 10.2. The summed E-state index contributed by atoms with van der Waals surface area (Å²) in [5.74, 6) is -0.417. The van der Waals surface area contributed by atoms with Crippen LogP contribution in [0.4, 0.5) is 0 Å². The van der Waals surface area contributed by atoms with Crippen LogP contribution in [0.15, 0.2) is 18.3 Å². The quantitative estimate of drug-likeness (QED) is 0.812. The summed E-state index contributed by atoms with van der Waals surface area (Å²) >= 11 is 5.76. The zero-order valence-corrected chi connectivity index (χ0v) is 10.9. The van der Waals surface area contributed by atoms with E-state index in [-0.39, 0.29) is 6.54 Å². The number of nitrogens with zero attached hydrogens (tertiary/aromatic N) is 2. The predicted octanol–water partition coefficient (Wildman–Crippen LogP) is 1.19. The van der Waals surface area contributed by atoms with Crippen LogP contribution in [-0.4, -0.2) is 28.4 Å². The van der Waals surface area contributed by atoms with Gasteiger partial charge in [0.2, 0.25) is 0 Å². The van der Waals surface area contributed by atoms with Crippen molar-refractivity contribution in [2.75, 3.05) is 0 Å². The van der Waals surface area contributed by atoms with Crippen LogP contribution < -0.4 is 0 Å². The molecule has 0 aromatic carbocycles. The van der Waals surface area contributed by atoms with Crippen molar-refractivity contribution < 1.29 is 13.2 Å². The molecule has 1 saturated heterocycles. The monoisotopic (exact) mass is 274 g/mol. The van der Waals surface area contributed by atoms with Crippen molar-refractivity contribution in [2.45, 2.75) is 25.1 Å². The van der Waals surface area contributed by atoms with Crippen LogP contribution in [0, 0.1) is 0 Å². The summed E-state index contributed by atoms with van der Waals surface area (Å²) in [6, 6.07) is 3.12. The molecule has 2 heterocycles. The van der Waals surface area contributed by atoms with E-state index in [0.717, 1.165) is 4.31 Å². The third-order valence-corrected chi connectivity index (χ3v) is 5.34. The van der Waals surface area contributed by atoms with Gasteiger partial charge in [-0.05, 0) is 26.0 Å². The molecule has 1 aliphatic rings. The zero-order valence-electron chi connectivity index (χ0n) is 9.34. The Labute approximate surface area is 104 Å². The van der Waals surface area contributed by atoms with Gasteiger partial charge in [0.25, 0.3) is 15.9 Å². The summed E-state index contributed by atoms with van der Waals surface area (Å²) in [5.41, 5.74) is 0.449. The van der Waals surface area contributed by atoms with Crippen molar-refractivity contribution in [1.82, 2.24) is 9.29 Å². The number of hydrogen-bond acceptors (Lipinski definition) is 4. The number of carbonyl (C=O) groups is 1. The van der Waals surface area contributed by atoms with Gasteiger partial charge in [0.1, 0.15) is 0 Å². The molecule has 0 radical (unpaired) electrons. The molecule has 0 aliphatic carbocycles. The lowest BCUT2D eigenvalue weighted by Crippen LogP contribution is -2.66. The second kappa shape index (κ2) is 3.68. The number of rotatable bonds is 2. The minimum Gasteiger partial charge on any atom is -0.272 e. The van der Waals surface area contributed by atoms with E-state index in [4.69, 9.17) is 11.6 Å². The lowest BCUT2D eigenvalue weighted by Gasteiger charge is -2.42. The van der Waals surface area contributed by atoms with E-state index in [1.807, 2.05) is 0 Å². The maximum Gasteiger partial charge on any atom is 0.259 e. The molecule has 0 saturated carbocycles. The first-order chi connectivity index (χ1) is 7.76. The van der Waals surface area contributed by atoms with E-state index in [9.17, 15) is 13.2 Å². The van der Waals surface area contributed by atoms with Gasteiger partial charge >= 0.3 is 0 Å². The Kier molecular flexibility index (Phi) is 2.67. The molecule has 1 aromatic rings. The van der Waals surface area contributed by atoms with Crippen molar-refractivity contribution in [3.05, 3.63) is 29.0 Å². The number of sulfonamides is 1. The number of amides is 1. The van der Waals surface area contributed by atoms with E-state index < -0.39 is 20.7 Å². The maximum atomic E-state index is 11.8. The first-order valence-corrected chi connectivity index (χ1v) is 6.76. The number of halogens is 1. The van der Waals surface area contributed by atoms with Gasteiger partial charge in [0.15, 0.2) is 4.75 Å². The van der Waals surface area contributed by atoms with E-state index in [1.165, 1.54) is 26.1 Å². The van der Waals surface area contributed by atoms with Crippen molar-refractivity contribution in [2.24, 2.45) is 0 Å². The van der Waals surface area contributed by atoms with Crippen LogP contribution in [0.3, 0.4) is 0 Å². The first kappa shape index (κ1) is 12.3. The van der Waals surface area contributed by atoms with Gasteiger partial charge in [-0.3, -0.25) is 9.78 Å². The van der Waals surface area contributed by atoms with Crippen LogP contribution in [0.5, 0.6) is 0 Å². The van der Waals surface area contributed by atoms with Crippen LogP contribution in [0.25, 0.3) is 0 Å². The Morgan fingerprint density at radius 2 is 2.12 bits per heavy atom. The third-order valence-electron chi connectivity index (χ3n) is 2.76. The molecule has 1 aliphatic heterocycles. The van der Waals surface area contributed by atoms with Crippen molar-refractivity contribution >= 4 is 27.5 Å². The number of hydrogen-bond donors (Lipinski definition) is 0. The molecule has 17 heavy (non-hydrogen) atoms. The summed E-state index contributed by atoms with van der Waals surface area (Å²) in [6.07, 6.45) is 1.47. The van der Waals surface area contributed by atoms with Crippen molar-refractivity contribution in [3.63, 3.8) is 0 Å². The minimum atomic E-state index is -3.56. The molecular formula is C10H11ClN2O3S. The van der Waals surface area contributed by atoms with Gasteiger partial charge in [-0.2, -0.15) is 0 Å². The highest BCUT2D eigenvalue weighted by Gasteiger charge is 2.59. The average molecular weight is 275 g/mol. The summed E-state index contributed by atoms with van der Waals surface area (Å²) in [5, 5.41) is 0.458. The van der Waals surface area contributed by atoms with Gasteiger partial charge < -0.3 is 0 Å². The normalized spacial score (nSPS) is 21.1. The molecule has 1 amide bonds. The average Bonchev–Trinajstić information content (AvgIpc) is 2.24. The fourth-order valence-corrected chi connectivity index (χ4v) is 3.28. The molecule has 1 fully saturated rings. The van der Waals surface area contributed by atoms with Crippen molar-refractivity contribution in [3.8, 4) is 0 Å². The third kappa shape index (κ3) is 1.71. The zero-order chi connectivity index (χ0) is 12.8. The van der Waals surface area contributed by atoms with Gasteiger partial charge in [-0.25, -0.2) is 12.7 Å². The Bertz CT molecular complexity index is 583. The van der Waals surface area contributed by atoms with E-state index in [1.54, 1.807) is 6.07 Å². The lowest BCUT2D eigenvalue weighted by molar-refractivity contribution is -0.132. The van der Waals surface area contributed by atoms with Crippen LogP contribution in [0.2, 0.25) is 5.02 Å². The molecule has 0 atom stereocenters. The second-order valence-electron chi connectivity index (χ2n) is 4.29. The standard InChI is InChI=1S/C10H11ClN2O3S/c1-10(2)9(14)13(17(10,15)16)6-8-5-7(11)3-4-12-8/h3-5H,6H2,1-2H3. The Hall–Kier alpha value is -1.14. The van der Waals surface area contributed by atoms with Gasteiger partial charge in [0, 0.05) is 11.2 Å². The molecule has 7 heteroatoms. The number of carbonyl (C=O) groups excluding carboxylic acids is 1. The molecule has 1 aromatic heterocycles. The Morgan fingerprint density at radius 3 is 2.65 bits per heavy atom. The molecule has 0 spiro atoms. The van der Waals surface area contributed by atoms with Crippen LogP contribution >= 0.6 is 11.6 Å². The minimum absolute atomic E-state index is 0.0643. The number of aromatic nitrogens is 1. The predicted molar refractivity (Wildman–Crippen MR) is 62.8 cm³/mol. The molecule has 0 bridgehead atoms. The van der Waals surface area contributed by atoms with E-state index in [2.05, 4.69) is 4.98 Å². The maximum absolute atomic E-state index is 11.8. The van der Waals surface area contributed by atoms with Gasteiger partial charge in [-0.15, -0.1) is 0 Å². The van der Waals surface area contributed by atoms with Crippen LogP contribution in [-0.2, 0) is 21.4 Å². The van der Waals surface area contributed by atoms with Crippen molar-refractivity contribution in [1.29, 1.82) is 0 Å². The summed E-state index contributed by atoms with van der Waals surface area (Å²) in [6.45, 7) is 2.73. The molecular weight excluding hydrogens is 264 g/mol. The molecule has 5 nitrogen and oxygen atoms in total. The summed E-state index contributed by atoms with van der Waals surface area (Å²) in [7, 11) is -3.56. The smallest absolute Gasteiger partial charge is 0.259 e. The SMILES string of the molecule is CC1(C)C(=O)N(Cc2cc(Cl)ccn2)S1(=O)=O. The highest BCUT2D eigenvalue weighted by atomic mass is 35.5. The Balaban J connectivity index is 2.26. The highest BCUT2D eigenvalue weighted by molar-refractivity contribution is 7.94. The Morgan fingerprint density at radius 1 is 1.47 bits per heavy atom. The highest BCUT2D eigenvalue weighted by Crippen LogP contribution is 2.35. The fourth-order valence-electron chi connectivity index (χ4n) is 1.60.